The molecule has 0 amide bonds. The zero-order valence-electron chi connectivity index (χ0n) is 9.77. The normalized spacial score (nSPS) is 11.3. The van der Waals surface area contributed by atoms with Gasteiger partial charge in [0.15, 0.2) is 0 Å². The summed E-state index contributed by atoms with van der Waals surface area (Å²) in [5.41, 5.74) is 0. The molecule has 0 heteroatoms. The van der Waals surface area contributed by atoms with E-state index >= 15 is 0 Å². The van der Waals surface area contributed by atoms with Crippen LogP contribution in [-0.4, -0.2) is 0 Å². The quantitative estimate of drug-likeness (QED) is 0.380. The van der Waals surface area contributed by atoms with Crippen LogP contribution in [0.2, 0.25) is 0 Å². The highest BCUT2D eigenvalue weighted by molar-refractivity contribution is 6.17. The summed E-state index contributed by atoms with van der Waals surface area (Å²) in [7, 11) is 0. The van der Waals surface area contributed by atoms with E-state index in [-0.39, 0.29) is 0 Å². The van der Waals surface area contributed by atoms with Gasteiger partial charge in [0, 0.05) is 0 Å². The summed E-state index contributed by atoms with van der Waals surface area (Å²) in [6, 6.07) is 27.3. The van der Waals surface area contributed by atoms with Crippen molar-refractivity contribution in [3.8, 4) is 0 Å². The molecule has 18 heavy (non-hydrogen) atoms. The Morgan fingerprint density at radius 2 is 1.00 bits per heavy atom. The molecule has 0 atom stereocenters. The molecule has 0 aliphatic rings. The van der Waals surface area contributed by atoms with Crippen LogP contribution in [0.5, 0.6) is 0 Å². The van der Waals surface area contributed by atoms with Gasteiger partial charge in [-0.3, -0.25) is 0 Å². The molecule has 0 heterocycles. The molecule has 4 aromatic carbocycles. The van der Waals surface area contributed by atoms with Crippen molar-refractivity contribution >= 4 is 32.3 Å². The van der Waals surface area contributed by atoms with Crippen molar-refractivity contribution in [3.05, 3.63) is 72.8 Å². The van der Waals surface area contributed by atoms with Gasteiger partial charge >= 0.3 is 0 Å². The van der Waals surface area contributed by atoms with E-state index in [4.69, 9.17) is 0 Å². The Bertz CT molecular complexity index is 797. The van der Waals surface area contributed by atoms with Crippen LogP contribution in [0.3, 0.4) is 0 Å². The standard InChI is InChI=1S/C18H10/c1-3-7-15-13(5-1)9-11-18-16-8-4-2-6-14(16)10-12-17(15)18/h3-12H. The lowest BCUT2D eigenvalue weighted by Gasteiger charge is -2.06. The molecule has 0 bridgehead atoms. The van der Waals surface area contributed by atoms with Crippen molar-refractivity contribution in [2.45, 2.75) is 0 Å². The van der Waals surface area contributed by atoms with Crippen LogP contribution < -0.4 is 0 Å². The number of rotatable bonds is 0. The van der Waals surface area contributed by atoms with E-state index in [1.807, 2.05) is 24.3 Å². The van der Waals surface area contributed by atoms with E-state index in [0.29, 0.717) is 0 Å². The van der Waals surface area contributed by atoms with Gasteiger partial charge in [-0.2, -0.15) is 0 Å². The zero-order chi connectivity index (χ0) is 11.9. The highest BCUT2D eigenvalue weighted by Crippen LogP contribution is 2.30. The monoisotopic (exact) mass is 226 g/mol. The minimum absolute atomic E-state index is 1.24. The average molecular weight is 226 g/mol. The molecule has 0 aliphatic heterocycles. The van der Waals surface area contributed by atoms with Crippen molar-refractivity contribution < 1.29 is 0 Å². The van der Waals surface area contributed by atoms with Gasteiger partial charge in [0.2, 0.25) is 0 Å². The molecule has 0 spiro atoms. The van der Waals surface area contributed by atoms with Crippen LogP contribution in [0.15, 0.2) is 60.7 Å². The number of benzene rings is 4. The highest BCUT2D eigenvalue weighted by atomic mass is 14.1. The van der Waals surface area contributed by atoms with Gasteiger partial charge in [-0.1, -0.05) is 48.5 Å². The maximum Gasteiger partial charge on any atom is -0.00990 e. The van der Waals surface area contributed by atoms with Crippen LogP contribution in [0.25, 0.3) is 32.3 Å². The van der Waals surface area contributed by atoms with Crippen LogP contribution in [0, 0.1) is 12.1 Å². The summed E-state index contributed by atoms with van der Waals surface area (Å²) >= 11 is 0. The number of hydrogen-bond acceptors (Lipinski definition) is 0. The van der Waals surface area contributed by atoms with Crippen LogP contribution in [0.4, 0.5) is 0 Å². The average Bonchev–Trinajstić information content (AvgIpc) is 2.46. The molecule has 0 unspecified atom stereocenters. The van der Waals surface area contributed by atoms with E-state index in [1.165, 1.54) is 32.3 Å². The lowest BCUT2D eigenvalue weighted by atomic mass is 9.97. The molecule has 0 nitrogen and oxygen atoms in total. The first-order chi connectivity index (χ1) is 8.93. The van der Waals surface area contributed by atoms with Crippen molar-refractivity contribution in [2.24, 2.45) is 0 Å². The van der Waals surface area contributed by atoms with E-state index in [0.717, 1.165) is 0 Å². The molecular formula is C18H10. The maximum absolute atomic E-state index is 3.13. The Morgan fingerprint density at radius 1 is 0.500 bits per heavy atom. The number of hydrogen-bond donors (Lipinski definition) is 0. The Kier molecular flexibility index (Phi) is 1.92. The molecule has 0 aromatic heterocycles. The topological polar surface area (TPSA) is 0 Å². The molecule has 0 saturated carbocycles. The third kappa shape index (κ3) is 1.26. The first-order valence-corrected chi connectivity index (χ1v) is 6.05. The zero-order valence-corrected chi connectivity index (χ0v) is 9.77. The fourth-order valence-electron chi connectivity index (χ4n) is 2.65. The summed E-state index contributed by atoms with van der Waals surface area (Å²) in [5, 5.41) is 7.68. The molecule has 0 saturated heterocycles. The molecule has 4 aromatic rings. The van der Waals surface area contributed by atoms with Gasteiger partial charge in [0.05, 0.1) is 0 Å². The molecule has 0 fully saturated rings. The van der Waals surface area contributed by atoms with Gasteiger partial charge in [-0.15, -0.1) is 0 Å². The maximum atomic E-state index is 3.13. The van der Waals surface area contributed by atoms with Gasteiger partial charge in [-0.05, 0) is 56.6 Å². The fourth-order valence-corrected chi connectivity index (χ4v) is 2.65. The Balaban J connectivity index is 2.31. The predicted molar refractivity (Wildman–Crippen MR) is 76.6 cm³/mol. The second kappa shape index (κ2) is 3.58. The predicted octanol–water partition coefficient (Wildman–Crippen LogP) is 4.75. The molecule has 2 radical (unpaired) electrons. The first kappa shape index (κ1) is 9.67. The Morgan fingerprint density at radius 3 is 1.50 bits per heavy atom. The van der Waals surface area contributed by atoms with Gasteiger partial charge in [0.25, 0.3) is 0 Å². The summed E-state index contributed by atoms with van der Waals surface area (Å²) in [4.78, 5) is 0. The van der Waals surface area contributed by atoms with Crippen molar-refractivity contribution in [1.29, 1.82) is 0 Å². The summed E-state index contributed by atoms with van der Waals surface area (Å²) in [5.74, 6) is 0. The second-order valence-corrected chi connectivity index (χ2v) is 4.52. The molecular weight excluding hydrogens is 216 g/mol. The van der Waals surface area contributed by atoms with Gasteiger partial charge in [0.1, 0.15) is 0 Å². The summed E-state index contributed by atoms with van der Waals surface area (Å²) in [6.07, 6.45) is 0. The lowest BCUT2D eigenvalue weighted by molar-refractivity contribution is 1.76. The van der Waals surface area contributed by atoms with E-state index in [2.05, 4.69) is 48.5 Å². The Labute approximate surface area is 105 Å². The van der Waals surface area contributed by atoms with Crippen molar-refractivity contribution in [3.63, 3.8) is 0 Å². The first-order valence-electron chi connectivity index (χ1n) is 6.05. The minimum Gasteiger partial charge on any atom is -0.0537 e. The van der Waals surface area contributed by atoms with Crippen LogP contribution in [0.1, 0.15) is 0 Å². The third-order valence-electron chi connectivity index (χ3n) is 3.52. The fraction of sp³-hybridized carbons (Fsp3) is 0. The molecule has 0 N–H and O–H groups in total. The largest absolute Gasteiger partial charge is 0.0537 e. The Hall–Kier alpha value is -2.34. The minimum atomic E-state index is 1.24. The summed E-state index contributed by atoms with van der Waals surface area (Å²) < 4.78 is 0. The second-order valence-electron chi connectivity index (χ2n) is 4.52. The van der Waals surface area contributed by atoms with E-state index in [1.54, 1.807) is 0 Å². The lowest BCUT2D eigenvalue weighted by Crippen LogP contribution is -1.80. The molecule has 4 rings (SSSR count). The molecule has 0 aliphatic carbocycles. The summed E-state index contributed by atoms with van der Waals surface area (Å²) in [6.45, 7) is 0. The third-order valence-corrected chi connectivity index (χ3v) is 3.52. The van der Waals surface area contributed by atoms with Crippen LogP contribution >= 0.6 is 0 Å². The molecule has 82 valence electrons. The van der Waals surface area contributed by atoms with Crippen LogP contribution in [-0.2, 0) is 0 Å². The van der Waals surface area contributed by atoms with Gasteiger partial charge in [-0.25, -0.2) is 0 Å². The SMILES string of the molecule is [c]1ccc2c(c1)ccc1c3cc[c]cc3ccc21. The van der Waals surface area contributed by atoms with Gasteiger partial charge < -0.3 is 0 Å². The smallest absolute Gasteiger partial charge is 0.00990 e. The highest BCUT2D eigenvalue weighted by Gasteiger charge is 2.03. The van der Waals surface area contributed by atoms with E-state index in [9.17, 15) is 0 Å². The number of fused-ring (bicyclic) bond motifs is 5. The van der Waals surface area contributed by atoms with Crippen molar-refractivity contribution in [2.75, 3.05) is 0 Å². The van der Waals surface area contributed by atoms with Crippen molar-refractivity contribution in [1.82, 2.24) is 0 Å². The van der Waals surface area contributed by atoms with E-state index < -0.39 is 0 Å².